The van der Waals surface area contributed by atoms with Crippen LogP contribution in [0.2, 0.25) is 0 Å². The smallest absolute Gasteiger partial charge is 0.254 e. The molecule has 1 unspecified atom stereocenters. The summed E-state index contributed by atoms with van der Waals surface area (Å²) in [5.41, 5.74) is 9.02. The summed E-state index contributed by atoms with van der Waals surface area (Å²) in [6.45, 7) is 1.28. The number of carbonyl (C=O) groups is 2. The van der Waals surface area contributed by atoms with Crippen LogP contribution in [0, 0.1) is 0 Å². The van der Waals surface area contributed by atoms with Crippen molar-refractivity contribution in [2.45, 2.75) is 12.5 Å². The van der Waals surface area contributed by atoms with Crippen LogP contribution in [0.3, 0.4) is 0 Å². The lowest BCUT2D eigenvalue weighted by Gasteiger charge is -2.28. The van der Waals surface area contributed by atoms with Crippen LogP contribution in [0.25, 0.3) is 11.3 Å². The Kier molecular flexibility index (Phi) is 7.93. The lowest BCUT2D eigenvalue weighted by atomic mass is 9.99. The van der Waals surface area contributed by atoms with Gasteiger partial charge >= 0.3 is 0 Å². The first-order chi connectivity index (χ1) is 19.4. The fraction of sp³-hybridized carbons (Fsp3) is 0.194. The van der Waals surface area contributed by atoms with Gasteiger partial charge in [-0.3, -0.25) is 9.59 Å². The van der Waals surface area contributed by atoms with E-state index in [2.05, 4.69) is 10.6 Å². The zero-order chi connectivity index (χ0) is 28.1. The number of anilines is 2. The number of ether oxygens (including phenoxy) is 1. The van der Waals surface area contributed by atoms with Gasteiger partial charge in [-0.05, 0) is 63.0 Å². The number of para-hydroxylation sites is 2. The normalized spacial score (nSPS) is 14.5. The van der Waals surface area contributed by atoms with Gasteiger partial charge in [-0.25, -0.2) is 4.68 Å². The summed E-state index contributed by atoms with van der Waals surface area (Å²) in [5, 5.41) is 11.2. The van der Waals surface area contributed by atoms with Crippen molar-refractivity contribution in [2.24, 2.45) is 5.73 Å². The second kappa shape index (κ2) is 11.9. The number of rotatable bonds is 9. The number of benzene rings is 3. The SMILES string of the molecule is CN(C)C/C=C/C(=O)Nc1ccccc1C1CCNc2c(C(N)=O)c(-c3ccc(Oc4ccccc4)cc3)nn21. The number of nitrogens with zero attached hydrogens (tertiary/aromatic N) is 3. The summed E-state index contributed by atoms with van der Waals surface area (Å²) in [6, 6.07) is 24.4. The van der Waals surface area contributed by atoms with Crippen LogP contribution in [0.5, 0.6) is 11.5 Å². The minimum atomic E-state index is -0.568. The molecular weight excluding hydrogens is 504 g/mol. The average molecular weight is 537 g/mol. The molecule has 0 spiro atoms. The Morgan fingerprint density at radius 2 is 1.75 bits per heavy atom. The topological polar surface area (TPSA) is 115 Å². The van der Waals surface area contributed by atoms with Crippen LogP contribution in [-0.4, -0.2) is 53.7 Å². The van der Waals surface area contributed by atoms with Crippen molar-refractivity contribution in [1.29, 1.82) is 0 Å². The monoisotopic (exact) mass is 536 g/mol. The number of likely N-dealkylation sites (N-methyl/N-ethyl adjacent to an activating group) is 1. The molecule has 0 bridgehead atoms. The van der Waals surface area contributed by atoms with Crippen molar-refractivity contribution in [3.63, 3.8) is 0 Å². The molecule has 0 fully saturated rings. The molecule has 2 amide bonds. The molecule has 40 heavy (non-hydrogen) atoms. The molecular formula is C31H32N6O3. The predicted molar refractivity (Wildman–Crippen MR) is 157 cm³/mol. The zero-order valence-electron chi connectivity index (χ0n) is 22.5. The molecule has 0 aliphatic carbocycles. The average Bonchev–Trinajstić information content (AvgIpc) is 3.34. The van der Waals surface area contributed by atoms with Crippen molar-refractivity contribution in [1.82, 2.24) is 14.7 Å². The van der Waals surface area contributed by atoms with Gasteiger partial charge in [0.2, 0.25) is 5.91 Å². The van der Waals surface area contributed by atoms with Crippen molar-refractivity contribution < 1.29 is 14.3 Å². The number of nitrogens with two attached hydrogens (primary N) is 1. The number of amides is 2. The van der Waals surface area contributed by atoms with Gasteiger partial charge in [0.25, 0.3) is 5.91 Å². The molecule has 5 rings (SSSR count). The fourth-order valence-corrected chi connectivity index (χ4v) is 4.75. The van der Waals surface area contributed by atoms with Crippen LogP contribution in [0.4, 0.5) is 11.5 Å². The van der Waals surface area contributed by atoms with Gasteiger partial charge < -0.3 is 26.0 Å². The molecule has 9 nitrogen and oxygen atoms in total. The Labute approximate surface area is 233 Å². The fourth-order valence-electron chi connectivity index (χ4n) is 4.75. The molecule has 0 saturated carbocycles. The maximum Gasteiger partial charge on any atom is 0.254 e. The minimum absolute atomic E-state index is 0.208. The Hall–Kier alpha value is -4.89. The number of hydrogen-bond acceptors (Lipinski definition) is 6. The maximum absolute atomic E-state index is 12.7. The molecule has 4 N–H and O–H groups in total. The van der Waals surface area contributed by atoms with Crippen LogP contribution in [0.1, 0.15) is 28.4 Å². The predicted octanol–water partition coefficient (Wildman–Crippen LogP) is 4.90. The van der Waals surface area contributed by atoms with Crippen molar-refractivity contribution in [3.05, 3.63) is 102 Å². The van der Waals surface area contributed by atoms with Gasteiger partial charge in [0, 0.05) is 36.0 Å². The highest BCUT2D eigenvalue weighted by Gasteiger charge is 2.31. The number of aromatic nitrogens is 2. The van der Waals surface area contributed by atoms with E-state index in [0.29, 0.717) is 48.0 Å². The Morgan fingerprint density at radius 1 is 1.05 bits per heavy atom. The summed E-state index contributed by atoms with van der Waals surface area (Å²) < 4.78 is 7.72. The van der Waals surface area contributed by atoms with Crippen LogP contribution in [0.15, 0.2) is 91.0 Å². The largest absolute Gasteiger partial charge is 0.457 e. The van der Waals surface area contributed by atoms with Gasteiger partial charge in [-0.1, -0.05) is 42.5 Å². The Balaban J connectivity index is 1.46. The van der Waals surface area contributed by atoms with E-state index in [4.69, 9.17) is 15.6 Å². The quantitative estimate of drug-likeness (QED) is 0.262. The van der Waals surface area contributed by atoms with Crippen molar-refractivity contribution in [2.75, 3.05) is 37.8 Å². The van der Waals surface area contributed by atoms with Crippen LogP contribution >= 0.6 is 0 Å². The second-order valence-corrected chi connectivity index (χ2v) is 9.79. The number of hydrogen-bond donors (Lipinski definition) is 3. The highest BCUT2D eigenvalue weighted by Crippen LogP contribution is 2.39. The van der Waals surface area contributed by atoms with Gasteiger partial charge in [-0.15, -0.1) is 0 Å². The first-order valence-corrected chi connectivity index (χ1v) is 13.1. The molecule has 0 radical (unpaired) electrons. The van der Waals surface area contributed by atoms with E-state index in [1.165, 1.54) is 6.08 Å². The Bertz CT molecular complexity index is 1530. The van der Waals surface area contributed by atoms with E-state index in [-0.39, 0.29) is 11.9 Å². The zero-order valence-corrected chi connectivity index (χ0v) is 22.5. The molecule has 4 aromatic rings. The van der Waals surface area contributed by atoms with E-state index in [1.54, 1.807) is 4.68 Å². The number of carbonyl (C=O) groups excluding carboxylic acids is 2. The first kappa shape index (κ1) is 26.7. The van der Waals surface area contributed by atoms with Crippen molar-refractivity contribution >= 4 is 23.3 Å². The maximum atomic E-state index is 12.7. The number of nitrogens with one attached hydrogen (secondary N) is 2. The van der Waals surface area contributed by atoms with Gasteiger partial charge in [0.1, 0.15) is 28.6 Å². The highest BCUT2D eigenvalue weighted by molar-refractivity contribution is 6.04. The second-order valence-electron chi connectivity index (χ2n) is 9.79. The van der Waals surface area contributed by atoms with E-state index in [1.807, 2.05) is 104 Å². The van der Waals surface area contributed by atoms with Crippen molar-refractivity contribution in [3.8, 4) is 22.8 Å². The van der Waals surface area contributed by atoms with E-state index in [9.17, 15) is 9.59 Å². The number of primary amides is 1. The molecule has 2 heterocycles. The molecule has 3 aromatic carbocycles. The summed E-state index contributed by atoms with van der Waals surface area (Å²) in [7, 11) is 3.88. The third kappa shape index (κ3) is 5.89. The third-order valence-corrected chi connectivity index (χ3v) is 6.59. The summed E-state index contributed by atoms with van der Waals surface area (Å²) in [6.07, 6.45) is 4.06. The van der Waals surface area contributed by atoms with E-state index in [0.717, 1.165) is 16.9 Å². The Morgan fingerprint density at radius 3 is 2.48 bits per heavy atom. The van der Waals surface area contributed by atoms with Crippen LogP contribution in [-0.2, 0) is 4.79 Å². The molecule has 1 aromatic heterocycles. The van der Waals surface area contributed by atoms with Crippen LogP contribution < -0.4 is 21.1 Å². The molecule has 1 atom stereocenters. The molecule has 1 aliphatic heterocycles. The first-order valence-electron chi connectivity index (χ1n) is 13.1. The highest BCUT2D eigenvalue weighted by atomic mass is 16.5. The van der Waals surface area contributed by atoms with Gasteiger partial charge in [-0.2, -0.15) is 5.10 Å². The third-order valence-electron chi connectivity index (χ3n) is 6.59. The standard InChI is InChI=1S/C31H32N6O3/c1-36(2)20-8-13-27(38)34-25-12-7-6-11-24(25)26-18-19-33-31-28(30(32)39)29(35-37(26)31)21-14-16-23(17-15-21)40-22-9-4-3-5-10-22/h3-17,26,33H,18-20H2,1-2H3,(H2,32,39)(H,34,38)/b13-8+. The minimum Gasteiger partial charge on any atom is -0.457 e. The number of fused-ring (bicyclic) bond motifs is 1. The molecule has 0 saturated heterocycles. The molecule has 204 valence electrons. The van der Waals surface area contributed by atoms with E-state index < -0.39 is 5.91 Å². The van der Waals surface area contributed by atoms with Gasteiger partial charge in [0.05, 0.1) is 6.04 Å². The van der Waals surface area contributed by atoms with Gasteiger partial charge in [0.15, 0.2) is 0 Å². The summed E-state index contributed by atoms with van der Waals surface area (Å²) in [4.78, 5) is 27.3. The molecule has 1 aliphatic rings. The lowest BCUT2D eigenvalue weighted by Crippen LogP contribution is -2.27. The molecule has 9 heteroatoms. The summed E-state index contributed by atoms with van der Waals surface area (Å²) >= 11 is 0. The van der Waals surface area contributed by atoms with E-state index >= 15 is 0 Å². The lowest BCUT2D eigenvalue weighted by molar-refractivity contribution is -0.111. The summed E-state index contributed by atoms with van der Waals surface area (Å²) in [5.74, 6) is 1.19.